The van der Waals surface area contributed by atoms with Crippen LogP contribution in [-0.4, -0.2) is 63.5 Å². The number of piperazine rings is 1. The second kappa shape index (κ2) is 8.00. The minimum absolute atomic E-state index is 0.0142. The van der Waals surface area contributed by atoms with Crippen molar-refractivity contribution in [3.63, 3.8) is 0 Å². The molecule has 1 aromatic carbocycles. The molecule has 0 spiro atoms. The number of aromatic nitrogens is 2. The largest absolute Gasteiger partial charge is 0.444 e. The summed E-state index contributed by atoms with van der Waals surface area (Å²) in [6.07, 6.45) is 0.274. The third kappa shape index (κ3) is 4.88. The van der Waals surface area contributed by atoms with Gasteiger partial charge in [-0.05, 0) is 32.9 Å². The maximum atomic E-state index is 12.5. The van der Waals surface area contributed by atoms with Crippen molar-refractivity contribution in [2.24, 2.45) is 0 Å². The molecule has 0 saturated carbocycles. The number of amides is 2. The van der Waals surface area contributed by atoms with Crippen LogP contribution in [0.15, 0.2) is 29.1 Å². The molecule has 0 atom stereocenters. The second-order valence-electron chi connectivity index (χ2n) is 7.88. The number of hydrogen-bond donors (Lipinski definition) is 1. The molecule has 1 saturated heterocycles. The van der Waals surface area contributed by atoms with Gasteiger partial charge in [-0.1, -0.05) is 12.1 Å². The van der Waals surface area contributed by atoms with Crippen molar-refractivity contribution in [2.45, 2.75) is 39.2 Å². The molecule has 0 bridgehead atoms. The lowest BCUT2D eigenvalue weighted by atomic mass is 10.2. The molecule has 1 N–H and O–H groups in total. The Labute approximate surface area is 163 Å². The first-order chi connectivity index (χ1) is 13.2. The van der Waals surface area contributed by atoms with Gasteiger partial charge in [0.2, 0.25) is 5.91 Å². The van der Waals surface area contributed by atoms with Gasteiger partial charge in [0.05, 0.1) is 10.9 Å². The highest BCUT2D eigenvalue weighted by Crippen LogP contribution is 2.13. The molecule has 8 nitrogen and oxygen atoms in total. The highest BCUT2D eigenvalue weighted by molar-refractivity contribution is 5.78. The van der Waals surface area contributed by atoms with E-state index in [1.807, 2.05) is 26.8 Å². The van der Waals surface area contributed by atoms with Gasteiger partial charge in [0.15, 0.2) is 0 Å². The van der Waals surface area contributed by atoms with E-state index in [1.165, 1.54) is 0 Å². The number of hydrogen-bond acceptors (Lipinski definition) is 5. The zero-order valence-corrected chi connectivity index (χ0v) is 16.5. The summed E-state index contributed by atoms with van der Waals surface area (Å²) in [6.45, 7) is 7.33. The van der Waals surface area contributed by atoms with E-state index < -0.39 is 5.60 Å². The predicted molar refractivity (Wildman–Crippen MR) is 105 cm³/mol. The van der Waals surface area contributed by atoms with Gasteiger partial charge in [0.1, 0.15) is 11.4 Å². The lowest BCUT2D eigenvalue weighted by Crippen LogP contribution is -2.51. The van der Waals surface area contributed by atoms with Gasteiger partial charge in [0, 0.05) is 39.0 Å². The fourth-order valence-electron chi connectivity index (χ4n) is 3.10. The van der Waals surface area contributed by atoms with Crippen molar-refractivity contribution in [2.75, 3.05) is 26.2 Å². The fraction of sp³-hybridized carbons (Fsp3) is 0.500. The number of nitrogens with zero attached hydrogens (tertiary/aromatic N) is 3. The maximum Gasteiger partial charge on any atom is 0.410 e. The van der Waals surface area contributed by atoms with Crippen LogP contribution in [0.1, 0.15) is 33.0 Å². The molecule has 1 aliphatic heterocycles. The Kier molecular flexibility index (Phi) is 5.67. The SMILES string of the molecule is CC(C)(C)OC(=O)N1CCN(C(=O)CCc2nc3ccccc3c(=O)[nH]2)CC1. The van der Waals surface area contributed by atoms with E-state index in [0.29, 0.717) is 49.3 Å². The Hall–Kier alpha value is -2.90. The van der Waals surface area contributed by atoms with Crippen LogP contribution in [0.3, 0.4) is 0 Å². The Morgan fingerprint density at radius 1 is 1.11 bits per heavy atom. The Bertz CT molecular complexity index is 924. The summed E-state index contributed by atoms with van der Waals surface area (Å²) in [5, 5.41) is 0.538. The molecule has 0 aliphatic carbocycles. The number of fused-ring (bicyclic) bond motifs is 1. The number of rotatable bonds is 3. The molecule has 0 unspecified atom stereocenters. The summed E-state index contributed by atoms with van der Waals surface area (Å²) in [5.41, 5.74) is -0.105. The van der Waals surface area contributed by atoms with E-state index in [9.17, 15) is 14.4 Å². The molecule has 1 fully saturated rings. The normalized spacial score (nSPS) is 15.0. The third-order valence-electron chi connectivity index (χ3n) is 4.52. The van der Waals surface area contributed by atoms with Gasteiger partial charge in [-0.3, -0.25) is 9.59 Å². The molecule has 1 aliphatic rings. The molecular formula is C20H26N4O4. The van der Waals surface area contributed by atoms with Crippen molar-refractivity contribution >= 4 is 22.9 Å². The van der Waals surface area contributed by atoms with E-state index in [1.54, 1.807) is 28.0 Å². The van der Waals surface area contributed by atoms with Crippen LogP contribution < -0.4 is 5.56 Å². The number of carbonyl (C=O) groups is 2. The summed E-state index contributed by atoms with van der Waals surface area (Å²) in [6, 6.07) is 7.12. The monoisotopic (exact) mass is 386 g/mol. The minimum atomic E-state index is -0.534. The highest BCUT2D eigenvalue weighted by Gasteiger charge is 2.27. The summed E-state index contributed by atoms with van der Waals surface area (Å²) in [7, 11) is 0. The number of nitrogens with one attached hydrogen (secondary N) is 1. The van der Waals surface area contributed by atoms with Gasteiger partial charge in [-0.2, -0.15) is 0 Å². The molecular weight excluding hydrogens is 360 g/mol. The summed E-state index contributed by atoms with van der Waals surface area (Å²) >= 11 is 0. The van der Waals surface area contributed by atoms with Gasteiger partial charge >= 0.3 is 6.09 Å². The van der Waals surface area contributed by atoms with Gasteiger partial charge in [0.25, 0.3) is 5.56 Å². The van der Waals surface area contributed by atoms with Crippen molar-refractivity contribution in [1.29, 1.82) is 0 Å². The summed E-state index contributed by atoms with van der Waals surface area (Å²) < 4.78 is 5.37. The van der Waals surface area contributed by atoms with Crippen LogP contribution in [0.4, 0.5) is 4.79 Å². The maximum absolute atomic E-state index is 12.5. The first-order valence-corrected chi connectivity index (χ1v) is 9.46. The molecule has 2 amide bonds. The number of aromatic amines is 1. The smallest absolute Gasteiger partial charge is 0.410 e. The predicted octanol–water partition coefficient (Wildman–Crippen LogP) is 1.94. The van der Waals surface area contributed by atoms with Crippen molar-refractivity contribution < 1.29 is 14.3 Å². The Morgan fingerprint density at radius 2 is 1.75 bits per heavy atom. The van der Waals surface area contributed by atoms with Crippen molar-refractivity contribution in [3.05, 3.63) is 40.4 Å². The zero-order valence-electron chi connectivity index (χ0n) is 16.5. The number of para-hydroxylation sites is 1. The summed E-state index contributed by atoms with van der Waals surface area (Å²) in [4.78, 5) is 47.2. The average molecular weight is 386 g/mol. The number of H-pyrrole nitrogens is 1. The van der Waals surface area contributed by atoms with Gasteiger partial charge in [-0.15, -0.1) is 0 Å². The highest BCUT2D eigenvalue weighted by atomic mass is 16.6. The standard InChI is InChI=1S/C20H26N4O4/c1-20(2,3)28-19(27)24-12-10-23(11-13-24)17(25)9-8-16-21-15-7-5-4-6-14(15)18(26)22-16/h4-7H,8-13H2,1-3H3,(H,21,22,26). The van der Waals surface area contributed by atoms with E-state index in [4.69, 9.17) is 4.74 Å². The molecule has 1 aromatic heterocycles. The lowest BCUT2D eigenvalue weighted by molar-refractivity contribution is -0.132. The quantitative estimate of drug-likeness (QED) is 0.870. The van der Waals surface area contributed by atoms with E-state index in [-0.39, 0.29) is 24.0 Å². The Balaban J connectivity index is 1.53. The molecule has 0 radical (unpaired) electrons. The number of aryl methyl sites for hydroxylation is 1. The number of carbonyl (C=O) groups excluding carboxylic acids is 2. The minimum Gasteiger partial charge on any atom is -0.444 e. The van der Waals surface area contributed by atoms with Crippen LogP contribution in [-0.2, 0) is 16.0 Å². The second-order valence-corrected chi connectivity index (χ2v) is 7.88. The topological polar surface area (TPSA) is 95.6 Å². The molecule has 2 aromatic rings. The molecule has 8 heteroatoms. The van der Waals surface area contributed by atoms with Gasteiger partial charge in [-0.25, -0.2) is 9.78 Å². The van der Waals surface area contributed by atoms with E-state index >= 15 is 0 Å². The first-order valence-electron chi connectivity index (χ1n) is 9.46. The average Bonchev–Trinajstić information content (AvgIpc) is 2.65. The van der Waals surface area contributed by atoms with Crippen molar-refractivity contribution in [1.82, 2.24) is 19.8 Å². The molecule has 28 heavy (non-hydrogen) atoms. The summed E-state index contributed by atoms with van der Waals surface area (Å²) in [5.74, 6) is 0.490. The van der Waals surface area contributed by atoms with Crippen LogP contribution in [0.5, 0.6) is 0 Å². The third-order valence-corrected chi connectivity index (χ3v) is 4.52. The molecule has 3 rings (SSSR count). The number of benzene rings is 1. The first kappa shape index (κ1) is 19.9. The van der Waals surface area contributed by atoms with E-state index in [2.05, 4.69) is 9.97 Å². The van der Waals surface area contributed by atoms with Crippen LogP contribution in [0.25, 0.3) is 10.9 Å². The van der Waals surface area contributed by atoms with Crippen LogP contribution in [0.2, 0.25) is 0 Å². The molecule has 2 heterocycles. The van der Waals surface area contributed by atoms with Crippen LogP contribution >= 0.6 is 0 Å². The van der Waals surface area contributed by atoms with E-state index in [0.717, 1.165) is 0 Å². The number of ether oxygens (including phenoxy) is 1. The Morgan fingerprint density at radius 3 is 2.43 bits per heavy atom. The fourth-order valence-corrected chi connectivity index (χ4v) is 3.10. The van der Waals surface area contributed by atoms with Crippen molar-refractivity contribution in [3.8, 4) is 0 Å². The van der Waals surface area contributed by atoms with Crippen LogP contribution in [0, 0.1) is 0 Å². The molecule has 150 valence electrons. The lowest BCUT2D eigenvalue weighted by Gasteiger charge is -2.35. The zero-order chi connectivity index (χ0) is 20.3. The van der Waals surface area contributed by atoms with Gasteiger partial charge < -0.3 is 19.5 Å².